The van der Waals surface area contributed by atoms with Crippen LogP contribution in [0.4, 0.5) is 0 Å². The van der Waals surface area contributed by atoms with Gasteiger partial charge in [0.15, 0.2) is 17.2 Å². The lowest BCUT2D eigenvalue weighted by molar-refractivity contribution is -0.132. The third-order valence-electron chi connectivity index (χ3n) is 3.63. The minimum Gasteiger partial charge on any atom is -0.493 e. The summed E-state index contributed by atoms with van der Waals surface area (Å²) in [6.45, 7) is 3.26. The maximum absolute atomic E-state index is 12.1. The standard InChI is InChI=1S/C20H17NO5/c1-12-5-4-6-15(9-12)19-21-16(20(23)26-19)10-14-7-8-17(25-13(2)22)18(11-14)24-3/h4-11H,1-3H3. The SMILES string of the molecule is COc1cc(C=C2N=C(c3cccc(C)c3)OC2=O)ccc1OC(C)=O. The van der Waals surface area contributed by atoms with E-state index in [1.54, 1.807) is 24.3 Å². The molecular weight excluding hydrogens is 334 g/mol. The number of methoxy groups -OCH3 is 1. The molecule has 0 unspecified atom stereocenters. The van der Waals surface area contributed by atoms with Gasteiger partial charge in [0, 0.05) is 12.5 Å². The quantitative estimate of drug-likeness (QED) is 0.480. The van der Waals surface area contributed by atoms with E-state index in [1.807, 2.05) is 31.2 Å². The zero-order valence-corrected chi connectivity index (χ0v) is 14.6. The van der Waals surface area contributed by atoms with Crippen LogP contribution in [0.25, 0.3) is 6.08 Å². The minimum atomic E-state index is -0.524. The van der Waals surface area contributed by atoms with Crippen molar-refractivity contribution in [2.75, 3.05) is 7.11 Å². The number of benzene rings is 2. The lowest BCUT2D eigenvalue weighted by Gasteiger charge is -2.08. The van der Waals surface area contributed by atoms with Crippen LogP contribution in [-0.4, -0.2) is 24.9 Å². The summed E-state index contributed by atoms with van der Waals surface area (Å²) in [6, 6.07) is 12.5. The number of carbonyl (C=O) groups is 2. The van der Waals surface area contributed by atoms with Crippen LogP contribution in [0.2, 0.25) is 0 Å². The first-order valence-corrected chi connectivity index (χ1v) is 7.92. The number of cyclic esters (lactones) is 1. The van der Waals surface area contributed by atoms with Crippen LogP contribution in [0.15, 0.2) is 53.2 Å². The number of carbonyl (C=O) groups excluding carboxylic acids is 2. The molecule has 0 aliphatic carbocycles. The average Bonchev–Trinajstić information content (AvgIpc) is 2.96. The number of rotatable bonds is 4. The topological polar surface area (TPSA) is 74.2 Å². The molecule has 3 rings (SSSR count). The Labute approximate surface area is 150 Å². The summed E-state index contributed by atoms with van der Waals surface area (Å²) in [5.74, 6) is -0.0111. The first kappa shape index (κ1) is 17.4. The first-order chi connectivity index (χ1) is 12.5. The average molecular weight is 351 g/mol. The van der Waals surface area contributed by atoms with Crippen molar-refractivity contribution in [2.24, 2.45) is 4.99 Å². The summed E-state index contributed by atoms with van der Waals surface area (Å²) in [7, 11) is 1.47. The van der Waals surface area contributed by atoms with Gasteiger partial charge in [-0.1, -0.05) is 23.8 Å². The largest absolute Gasteiger partial charge is 0.493 e. The molecule has 0 N–H and O–H groups in total. The fourth-order valence-electron chi connectivity index (χ4n) is 2.48. The van der Waals surface area contributed by atoms with Crippen molar-refractivity contribution in [2.45, 2.75) is 13.8 Å². The second-order valence-electron chi connectivity index (χ2n) is 5.71. The fraction of sp³-hybridized carbons (Fsp3) is 0.150. The summed E-state index contributed by atoms with van der Waals surface area (Å²) < 4.78 is 15.6. The van der Waals surface area contributed by atoms with E-state index in [0.717, 1.165) is 11.1 Å². The minimum absolute atomic E-state index is 0.184. The Kier molecular flexibility index (Phi) is 4.84. The summed E-state index contributed by atoms with van der Waals surface area (Å²) in [4.78, 5) is 27.5. The molecule has 0 atom stereocenters. The van der Waals surface area contributed by atoms with Crippen molar-refractivity contribution >= 4 is 23.9 Å². The lowest BCUT2D eigenvalue weighted by Crippen LogP contribution is -2.05. The van der Waals surface area contributed by atoms with E-state index in [1.165, 1.54) is 14.0 Å². The maximum atomic E-state index is 12.1. The molecule has 1 heterocycles. The molecule has 1 aliphatic heterocycles. The molecule has 0 saturated carbocycles. The highest BCUT2D eigenvalue weighted by Crippen LogP contribution is 2.30. The number of nitrogens with zero attached hydrogens (tertiary/aromatic N) is 1. The number of aliphatic imine (C=N–C) groups is 1. The molecule has 6 nitrogen and oxygen atoms in total. The van der Waals surface area contributed by atoms with E-state index < -0.39 is 11.9 Å². The highest BCUT2D eigenvalue weighted by atomic mass is 16.6. The van der Waals surface area contributed by atoms with E-state index in [4.69, 9.17) is 14.2 Å². The van der Waals surface area contributed by atoms with Gasteiger partial charge in [-0.05, 0) is 42.8 Å². The molecule has 132 valence electrons. The van der Waals surface area contributed by atoms with Gasteiger partial charge in [-0.25, -0.2) is 9.79 Å². The van der Waals surface area contributed by atoms with E-state index in [0.29, 0.717) is 17.1 Å². The Morgan fingerprint density at radius 3 is 2.65 bits per heavy atom. The number of aryl methyl sites for hydroxylation is 1. The molecular formula is C20H17NO5. The van der Waals surface area contributed by atoms with Crippen LogP contribution in [0.5, 0.6) is 11.5 Å². The number of hydrogen-bond donors (Lipinski definition) is 0. The van der Waals surface area contributed by atoms with E-state index in [9.17, 15) is 9.59 Å². The molecule has 2 aromatic rings. The summed E-state index contributed by atoms with van der Waals surface area (Å²) in [5, 5.41) is 0. The van der Waals surface area contributed by atoms with E-state index in [2.05, 4.69) is 4.99 Å². The monoisotopic (exact) mass is 351 g/mol. The summed E-state index contributed by atoms with van der Waals surface area (Å²) in [5.41, 5.74) is 2.64. The van der Waals surface area contributed by atoms with Crippen LogP contribution in [0.3, 0.4) is 0 Å². The van der Waals surface area contributed by atoms with Gasteiger partial charge < -0.3 is 14.2 Å². The van der Waals surface area contributed by atoms with Crippen LogP contribution < -0.4 is 9.47 Å². The second kappa shape index (κ2) is 7.23. The Morgan fingerprint density at radius 2 is 1.96 bits per heavy atom. The van der Waals surface area contributed by atoms with Crippen molar-refractivity contribution in [1.82, 2.24) is 0 Å². The summed E-state index contributed by atoms with van der Waals surface area (Å²) >= 11 is 0. The van der Waals surface area contributed by atoms with Gasteiger partial charge >= 0.3 is 11.9 Å². The highest BCUT2D eigenvalue weighted by molar-refractivity contribution is 6.12. The van der Waals surface area contributed by atoms with Crippen molar-refractivity contribution in [1.29, 1.82) is 0 Å². The number of esters is 2. The fourth-order valence-corrected chi connectivity index (χ4v) is 2.48. The van der Waals surface area contributed by atoms with Gasteiger partial charge in [0.05, 0.1) is 7.11 Å². The number of ether oxygens (including phenoxy) is 3. The number of hydrogen-bond acceptors (Lipinski definition) is 6. The molecule has 0 bridgehead atoms. The molecule has 2 aromatic carbocycles. The second-order valence-corrected chi connectivity index (χ2v) is 5.71. The molecule has 6 heteroatoms. The van der Waals surface area contributed by atoms with E-state index in [-0.39, 0.29) is 11.6 Å². The van der Waals surface area contributed by atoms with Crippen LogP contribution in [0, 0.1) is 6.92 Å². The Bertz CT molecular complexity index is 943. The normalized spacial score (nSPS) is 14.8. The highest BCUT2D eigenvalue weighted by Gasteiger charge is 2.24. The van der Waals surface area contributed by atoms with Crippen LogP contribution >= 0.6 is 0 Å². The Balaban J connectivity index is 1.92. The van der Waals surface area contributed by atoms with Gasteiger partial charge in [-0.15, -0.1) is 0 Å². The molecule has 0 fully saturated rings. The van der Waals surface area contributed by atoms with Gasteiger partial charge in [-0.3, -0.25) is 4.79 Å². The van der Waals surface area contributed by atoms with Gasteiger partial charge in [0.1, 0.15) is 0 Å². The van der Waals surface area contributed by atoms with Crippen molar-refractivity contribution in [3.63, 3.8) is 0 Å². The van der Waals surface area contributed by atoms with Crippen LogP contribution in [0.1, 0.15) is 23.6 Å². The Morgan fingerprint density at radius 1 is 1.15 bits per heavy atom. The molecule has 0 saturated heterocycles. The van der Waals surface area contributed by atoms with Crippen molar-refractivity contribution < 1.29 is 23.8 Å². The third kappa shape index (κ3) is 3.80. The summed E-state index contributed by atoms with van der Waals surface area (Å²) in [6.07, 6.45) is 1.59. The van der Waals surface area contributed by atoms with Gasteiger partial charge in [0.25, 0.3) is 0 Å². The lowest BCUT2D eigenvalue weighted by atomic mass is 10.1. The van der Waals surface area contributed by atoms with Gasteiger partial charge in [-0.2, -0.15) is 0 Å². The third-order valence-corrected chi connectivity index (χ3v) is 3.63. The zero-order chi connectivity index (χ0) is 18.7. The zero-order valence-electron chi connectivity index (χ0n) is 14.6. The van der Waals surface area contributed by atoms with E-state index >= 15 is 0 Å². The van der Waals surface area contributed by atoms with Crippen molar-refractivity contribution in [3.8, 4) is 11.5 Å². The molecule has 26 heavy (non-hydrogen) atoms. The first-order valence-electron chi connectivity index (χ1n) is 7.92. The molecule has 0 radical (unpaired) electrons. The predicted molar refractivity (Wildman–Crippen MR) is 96.1 cm³/mol. The van der Waals surface area contributed by atoms with Crippen LogP contribution in [-0.2, 0) is 14.3 Å². The molecule has 0 spiro atoms. The maximum Gasteiger partial charge on any atom is 0.363 e. The van der Waals surface area contributed by atoms with Gasteiger partial charge in [0.2, 0.25) is 5.90 Å². The molecule has 1 aliphatic rings. The molecule has 0 aromatic heterocycles. The molecule has 0 amide bonds. The van der Waals surface area contributed by atoms with Crippen molar-refractivity contribution in [3.05, 3.63) is 64.9 Å². The smallest absolute Gasteiger partial charge is 0.363 e. The predicted octanol–water partition coefficient (Wildman–Crippen LogP) is 3.27. The Hall–Kier alpha value is -3.41.